The Kier molecular flexibility index (Phi) is 6.76. The van der Waals surface area contributed by atoms with Crippen molar-refractivity contribution in [1.82, 2.24) is 19.7 Å². The molecular weight excluding hydrogens is 435 g/mol. The molecule has 2 heterocycles. The summed E-state index contributed by atoms with van der Waals surface area (Å²) >= 11 is 1.45. The summed E-state index contributed by atoms with van der Waals surface area (Å²) in [4.78, 5) is 15.4. The van der Waals surface area contributed by atoms with Crippen LogP contribution in [0.2, 0.25) is 0 Å². The summed E-state index contributed by atoms with van der Waals surface area (Å²) in [5, 5.41) is 9.55. The van der Waals surface area contributed by atoms with E-state index in [1.165, 1.54) is 49.6 Å². The maximum absolute atomic E-state index is 13.5. The number of hydrogen-bond donors (Lipinski definition) is 0. The van der Waals surface area contributed by atoms with Crippen molar-refractivity contribution in [3.05, 3.63) is 66.0 Å². The maximum atomic E-state index is 13.5. The molecule has 7 heteroatoms. The van der Waals surface area contributed by atoms with Gasteiger partial charge in [-0.2, -0.15) is 0 Å². The number of hydrogen-bond acceptors (Lipinski definition) is 4. The summed E-state index contributed by atoms with van der Waals surface area (Å²) in [5.41, 5.74) is 1.93. The number of halogens is 1. The third-order valence-corrected chi connectivity index (χ3v) is 7.84. The molecule has 1 aliphatic carbocycles. The van der Waals surface area contributed by atoms with Gasteiger partial charge in [0.1, 0.15) is 5.82 Å². The van der Waals surface area contributed by atoms with Gasteiger partial charge in [-0.3, -0.25) is 9.36 Å². The van der Waals surface area contributed by atoms with Crippen LogP contribution in [-0.4, -0.2) is 43.9 Å². The summed E-state index contributed by atoms with van der Waals surface area (Å²) in [6.07, 6.45) is 7.29. The van der Waals surface area contributed by atoms with Gasteiger partial charge in [-0.05, 0) is 61.4 Å². The van der Waals surface area contributed by atoms with Crippen LogP contribution in [0.3, 0.4) is 0 Å². The average Bonchev–Trinajstić information content (AvgIpc) is 3.25. The van der Waals surface area contributed by atoms with Gasteiger partial charge in [-0.1, -0.05) is 54.9 Å². The molecule has 1 aromatic heterocycles. The molecule has 2 aromatic carbocycles. The molecular formula is C26H29FN4OS. The molecule has 3 aromatic rings. The Bertz CT molecular complexity index is 1080. The summed E-state index contributed by atoms with van der Waals surface area (Å²) < 4.78 is 15.5. The fraction of sp³-hybridized carbons (Fsp3) is 0.423. The highest BCUT2D eigenvalue weighted by atomic mass is 32.2. The van der Waals surface area contributed by atoms with Crippen molar-refractivity contribution in [3.63, 3.8) is 0 Å². The minimum Gasteiger partial charge on any atom is -0.339 e. The van der Waals surface area contributed by atoms with Gasteiger partial charge in [-0.15, -0.1) is 10.2 Å². The number of carbonyl (C=O) groups excluding carboxylic acids is 1. The monoisotopic (exact) mass is 464 g/mol. The summed E-state index contributed by atoms with van der Waals surface area (Å²) in [7, 11) is 0. The predicted molar refractivity (Wildman–Crippen MR) is 128 cm³/mol. The Morgan fingerprint density at radius 2 is 1.73 bits per heavy atom. The van der Waals surface area contributed by atoms with Crippen molar-refractivity contribution in [2.75, 3.05) is 12.3 Å². The van der Waals surface area contributed by atoms with E-state index in [0.29, 0.717) is 35.2 Å². The zero-order valence-electron chi connectivity index (χ0n) is 18.7. The van der Waals surface area contributed by atoms with Crippen LogP contribution in [-0.2, 0) is 11.3 Å². The number of rotatable bonds is 6. The van der Waals surface area contributed by atoms with E-state index < -0.39 is 0 Å². The van der Waals surface area contributed by atoms with E-state index in [4.69, 9.17) is 0 Å². The second kappa shape index (κ2) is 10.1. The first-order valence-electron chi connectivity index (χ1n) is 11.8. The molecule has 0 bridgehead atoms. The van der Waals surface area contributed by atoms with Crippen LogP contribution in [0.25, 0.3) is 11.4 Å². The van der Waals surface area contributed by atoms with Gasteiger partial charge in [0, 0.05) is 18.2 Å². The number of fused-ring (bicyclic) bond motifs is 1. The SMILES string of the molecule is O=C(CSc1nnc(-c2ccc(F)cc2)n1Cc1ccccc1)N1CCCC2CCCCC21. The largest absolute Gasteiger partial charge is 0.339 e. The quantitative estimate of drug-likeness (QED) is 0.458. The molecule has 2 unspecified atom stereocenters. The van der Waals surface area contributed by atoms with Gasteiger partial charge in [-0.25, -0.2) is 4.39 Å². The van der Waals surface area contributed by atoms with Gasteiger partial charge in [0.25, 0.3) is 0 Å². The third kappa shape index (κ3) is 4.98. The van der Waals surface area contributed by atoms with E-state index in [1.807, 2.05) is 22.8 Å². The third-order valence-electron chi connectivity index (χ3n) is 6.89. The molecule has 0 radical (unpaired) electrons. The molecule has 1 saturated heterocycles. The standard InChI is InChI=1S/C26H29FN4OS/c27-22-14-12-21(13-15-22)25-28-29-26(31(25)17-19-7-2-1-3-8-19)33-18-24(32)30-16-6-10-20-9-4-5-11-23(20)30/h1-3,7-8,12-15,20,23H,4-6,9-11,16-18H2. The van der Waals surface area contributed by atoms with Gasteiger partial charge in [0.05, 0.1) is 12.3 Å². The first-order chi connectivity index (χ1) is 16.2. The van der Waals surface area contributed by atoms with Crippen molar-refractivity contribution in [1.29, 1.82) is 0 Å². The molecule has 5 rings (SSSR count). The maximum Gasteiger partial charge on any atom is 0.233 e. The molecule has 172 valence electrons. The van der Waals surface area contributed by atoms with Crippen molar-refractivity contribution in [3.8, 4) is 11.4 Å². The summed E-state index contributed by atoms with van der Waals surface area (Å²) in [5.74, 6) is 1.64. The van der Waals surface area contributed by atoms with Crippen molar-refractivity contribution in [2.24, 2.45) is 5.92 Å². The van der Waals surface area contributed by atoms with E-state index in [9.17, 15) is 9.18 Å². The Labute approximate surface area is 198 Å². The Hall–Kier alpha value is -2.67. The highest BCUT2D eigenvalue weighted by Gasteiger charge is 2.35. The lowest BCUT2D eigenvalue weighted by atomic mass is 9.78. The van der Waals surface area contributed by atoms with E-state index in [2.05, 4.69) is 27.2 Å². The fourth-order valence-electron chi connectivity index (χ4n) is 5.26. The number of nitrogens with zero attached hydrogens (tertiary/aromatic N) is 4. The summed E-state index contributed by atoms with van der Waals surface area (Å²) in [6.45, 7) is 1.46. The van der Waals surface area contributed by atoms with Crippen LogP contribution >= 0.6 is 11.8 Å². The number of carbonyl (C=O) groups is 1. The molecule has 2 fully saturated rings. The van der Waals surface area contributed by atoms with Gasteiger partial charge >= 0.3 is 0 Å². The Morgan fingerprint density at radius 3 is 2.55 bits per heavy atom. The number of amides is 1. The molecule has 2 aliphatic rings. The lowest BCUT2D eigenvalue weighted by Gasteiger charge is -2.44. The lowest BCUT2D eigenvalue weighted by Crippen LogP contribution is -2.50. The van der Waals surface area contributed by atoms with Gasteiger partial charge in [0.2, 0.25) is 5.91 Å². The van der Waals surface area contributed by atoms with E-state index in [0.717, 1.165) is 30.5 Å². The Morgan fingerprint density at radius 1 is 0.970 bits per heavy atom. The second-order valence-corrected chi connectivity index (χ2v) is 9.96. The predicted octanol–water partition coefficient (Wildman–Crippen LogP) is 5.41. The van der Waals surface area contributed by atoms with Gasteiger partial charge < -0.3 is 4.90 Å². The fourth-order valence-corrected chi connectivity index (χ4v) is 6.08. The number of likely N-dealkylation sites (tertiary alicyclic amines) is 1. The molecule has 0 N–H and O–H groups in total. The molecule has 33 heavy (non-hydrogen) atoms. The first-order valence-corrected chi connectivity index (χ1v) is 12.8. The van der Waals surface area contributed by atoms with Crippen LogP contribution in [0.4, 0.5) is 4.39 Å². The number of aromatic nitrogens is 3. The molecule has 2 atom stereocenters. The highest BCUT2D eigenvalue weighted by Crippen LogP contribution is 2.36. The lowest BCUT2D eigenvalue weighted by molar-refractivity contribution is -0.134. The topological polar surface area (TPSA) is 51.0 Å². The average molecular weight is 465 g/mol. The van der Waals surface area contributed by atoms with Crippen LogP contribution in [0.5, 0.6) is 0 Å². The molecule has 1 aliphatic heterocycles. The first kappa shape index (κ1) is 22.1. The molecule has 5 nitrogen and oxygen atoms in total. The van der Waals surface area contributed by atoms with Crippen molar-refractivity contribution >= 4 is 17.7 Å². The van der Waals surface area contributed by atoms with Crippen molar-refractivity contribution in [2.45, 2.75) is 56.3 Å². The zero-order chi connectivity index (χ0) is 22.6. The Balaban J connectivity index is 1.36. The zero-order valence-corrected chi connectivity index (χ0v) is 19.5. The second-order valence-electron chi connectivity index (χ2n) is 9.01. The van der Waals surface area contributed by atoms with Crippen LogP contribution in [0, 0.1) is 11.7 Å². The molecule has 0 spiro atoms. The van der Waals surface area contributed by atoms with Crippen LogP contribution < -0.4 is 0 Å². The minimum atomic E-state index is -0.282. The van der Waals surface area contributed by atoms with E-state index >= 15 is 0 Å². The minimum absolute atomic E-state index is 0.203. The molecule has 1 saturated carbocycles. The van der Waals surface area contributed by atoms with E-state index in [-0.39, 0.29) is 11.7 Å². The smallest absolute Gasteiger partial charge is 0.233 e. The van der Waals surface area contributed by atoms with Crippen LogP contribution in [0.1, 0.15) is 44.1 Å². The van der Waals surface area contributed by atoms with E-state index in [1.54, 1.807) is 12.1 Å². The highest BCUT2D eigenvalue weighted by molar-refractivity contribution is 7.99. The normalized spacial score (nSPS) is 20.5. The molecule has 1 amide bonds. The van der Waals surface area contributed by atoms with Gasteiger partial charge in [0.15, 0.2) is 11.0 Å². The summed E-state index contributed by atoms with van der Waals surface area (Å²) in [6, 6.07) is 16.8. The number of piperidine rings is 1. The van der Waals surface area contributed by atoms with Crippen LogP contribution in [0.15, 0.2) is 59.8 Å². The number of thioether (sulfide) groups is 1. The van der Waals surface area contributed by atoms with Crippen molar-refractivity contribution < 1.29 is 9.18 Å². The number of benzene rings is 2.